The molecule has 2 aromatic rings. The molecule has 0 spiro atoms. The van der Waals surface area contributed by atoms with Crippen LogP contribution in [0.15, 0.2) is 27.4 Å². The number of halogens is 1. The number of thiophene rings is 2. The van der Waals surface area contributed by atoms with Crippen LogP contribution in [0.3, 0.4) is 0 Å². The van der Waals surface area contributed by atoms with E-state index in [1.165, 1.54) is 26.2 Å². The molecule has 0 saturated carbocycles. The smallest absolute Gasteiger partial charge is 0.0779 e. The second-order valence-electron chi connectivity index (χ2n) is 3.58. The van der Waals surface area contributed by atoms with Crippen molar-refractivity contribution >= 4 is 38.6 Å². The van der Waals surface area contributed by atoms with Crippen molar-refractivity contribution in [1.29, 1.82) is 0 Å². The minimum atomic E-state index is 0.406. The van der Waals surface area contributed by atoms with E-state index in [4.69, 9.17) is 0 Å². The number of rotatable bonds is 1. The van der Waals surface area contributed by atoms with Gasteiger partial charge in [0.15, 0.2) is 0 Å². The maximum Gasteiger partial charge on any atom is 0.0779 e. The highest BCUT2D eigenvalue weighted by atomic mass is 79.9. The summed E-state index contributed by atoms with van der Waals surface area (Å²) >= 11 is 7.30. The topological polar surface area (TPSA) is 12.0 Å². The summed E-state index contributed by atoms with van der Waals surface area (Å²) < 4.78 is 1.23. The van der Waals surface area contributed by atoms with Gasteiger partial charge in [-0.3, -0.25) is 0 Å². The van der Waals surface area contributed by atoms with Crippen molar-refractivity contribution in [2.24, 2.45) is 0 Å². The van der Waals surface area contributed by atoms with E-state index in [1.54, 1.807) is 0 Å². The Balaban J connectivity index is 2.07. The lowest BCUT2D eigenvalue weighted by atomic mass is 10.0. The monoisotopic (exact) mass is 299 g/mol. The number of hydrogen-bond donors (Lipinski definition) is 1. The number of fused-ring (bicyclic) bond motifs is 1. The first-order valence-electron chi connectivity index (χ1n) is 4.89. The zero-order valence-electron chi connectivity index (χ0n) is 8.00. The second-order valence-corrected chi connectivity index (χ2v) is 6.33. The van der Waals surface area contributed by atoms with Crippen LogP contribution in [-0.2, 0) is 6.42 Å². The van der Waals surface area contributed by atoms with E-state index in [2.05, 4.69) is 44.1 Å². The maximum atomic E-state index is 3.62. The van der Waals surface area contributed by atoms with Crippen LogP contribution < -0.4 is 5.32 Å². The lowest BCUT2D eigenvalue weighted by Gasteiger charge is -2.23. The molecule has 1 N–H and O–H groups in total. The van der Waals surface area contributed by atoms with Gasteiger partial charge in [-0.1, -0.05) is 0 Å². The third-order valence-corrected chi connectivity index (χ3v) is 5.65. The van der Waals surface area contributed by atoms with Crippen LogP contribution in [0.2, 0.25) is 0 Å². The Morgan fingerprint density at radius 1 is 1.20 bits per heavy atom. The fourth-order valence-corrected chi connectivity index (χ4v) is 4.77. The van der Waals surface area contributed by atoms with Crippen LogP contribution in [0, 0.1) is 0 Å². The summed E-state index contributed by atoms with van der Waals surface area (Å²) in [6.07, 6.45) is 1.17. The highest BCUT2D eigenvalue weighted by Crippen LogP contribution is 2.38. The summed E-state index contributed by atoms with van der Waals surface area (Å²) in [5.74, 6) is 0. The minimum Gasteiger partial charge on any atom is -0.305 e. The predicted molar refractivity (Wildman–Crippen MR) is 69.9 cm³/mol. The van der Waals surface area contributed by atoms with Crippen LogP contribution in [0.5, 0.6) is 0 Å². The molecule has 1 atom stereocenters. The standard InChI is InChI=1S/C11H10BrNS2/c12-8-3-6-15-11(8)9-10-7(1-4-13-9)2-5-14-10/h2-3,5-6,9,13H,1,4H2. The number of hydrogen-bond acceptors (Lipinski definition) is 3. The van der Waals surface area contributed by atoms with E-state index in [-0.39, 0.29) is 0 Å². The Kier molecular flexibility index (Phi) is 2.68. The molecule has 78 valence electrons. The van der Waals surface area contributed by atoms with Crippen LogP contribution in [0.1, 0.15) is 21.4 Å². The molecule has 4 heteroatoms. The molecule has 2 aromatic heterocycles. The average Bonchev–Trinajstić information content (AvgIpc) is 2.85. The third-order valence-electron chi connectivity index (χ3n) is 2.69. The van der Waals surface area contributed by atoms with Gasteiger partial charge < -0.3 is 5.32 Å². The molecule has 0 amide bonds. The quantitative estimate of drug-likeness (QED) is 0.844. The molecule has 3 heterocycles. The van der Waals surface area contributed by atoms with E-state index in [9.17, 15) is 0 Å². The molecule has 0 bridgehead atoms. The third kappa shape index (κ3) is 1.69. The summed E-state index contributed by atoms with van der Waals surface area (Å²) in [5.41, 5.74) is 1.52. The van der Waals surface area contributed by atoms with Crippen molar-refractivity contribution < 1.29 is 0 Å². The fourth-order valence-electron chi connectivity index (χ4n) is 1.97. The van der Waals surface area contributed by atoms with Gasteiger partial charge in [-0.05, 0) is 50.8 Å². The van der Waals surface area contributed by atoms with Crippen molar-refractivity contribution in [2.45, 2.75) is 12.5 Å². The molecular weight excluding hydrogens is 290 g/mol. The highest BCUT2D eigenvalue weighted by molar-refractivity contribution is 9.10. The Labute approximate surface area is 105 Å². The van der Waals surface area contributed by atoms with Gasteiger partial charge in [-0.2, -0.15) is 0 Å². The van der Waals surface area contributed by atoms with Crippen LogP contribution in [0.25, 0.3) is 0 Å². The van der Waals surface area contributed by atoms with Crippen molar-refractivity contribution in [3.63, 3.8) is 0 Å². The zero-order valence-corrected chi connectivity index (χ0v) is 11.2. The van der Waals surface area contributed by atoms with Crippen molar-refractivity contribution in [2.75, 3.05) is 6.54 Å². The predicted octanol–water partition coefficient (Wildman–Crippen LogP) is 3.81. The molecule has 1 nitrogen and oxygen atoms in total. The lowest BCUT2D eigenvalue weighted by molar-refractivity contribution is 0.584. The van der Waals surface area contributed by atoms with Crippen LogP contribution in [-0.4, -0.2) is 6.54 Å². The normalized spacial score (nSPS) is 20.2. The summed E-state index contributed by atoms with van der Waals surface area (Å²) in [7, 11) is 0. The Morgan fingerprint density at radius 2 is 2.00 bits per heavy atom. The average molecular weight is 300 g/mol. The van der Waals surface area contributed by atoms with Gasteiger partial charge in [0.25, 0.3) is 0 Å². The Morgan fingerprint density at radius 3 is 2.80 bits per heavy atom. The Bertz CT molecular complexity index is 474. The molecule has 3 rings (SSSR count). The van der Waals surface area contributed by atoms with E-state index in [1.807, 2.05) is 22.7 Å². The first-order valence-corrected chi connectivity index (χ1v) is 7.44. The van der Waals surface area contributed by atoms with Crippen LogP contribution in [0.4, 0.5) is 0 Å². The maximum absolute atomic E-state index is 3.62. The molecule has 0 aromatic carbocycles. The van der Waals surface area contributed by atoms with E-state index in [0.717, 1.165) is 6.54 Å². The summed E-state index contributed by atoms with van der Waals surface area (Å²) in [4.78, 5) is 2.89. The molecule has 1 aliphatic heterocycles. The minimum absolute atomic E-state index is 0.406. The summed E-state index contributed by atoms with van der Waals surface area (Å²) in [6, 6.07) is 4.79. The first kappa shape index (κ1) is 10.0. The molecule has 0 fully saturated rings. The Hall–Kier alpha value is -0.160. The molecule has 0 radical (unpaired) electrons. The molecular formula is C11H10BrNS2. The fraction of sp³-hybridized carbons (Fsp3) is 0.273. The lowest BCUT2D eigenvalue weighted by Crippen LogP contribution is -2.28. The van der Waals surface area contributed by atoms with Gasteiger partial charge in [0.05, 0.1) is 6.04 Å². The molecule has 0 saturated heterocycles. The van der Waals surface area contributed by atoms with Crippen molar-refractivity contribution in [1.82, 2.24) is 5.32 Å². The number of nitrogens with one attached hydrogen (secondary N) is 1. The SMILES string of the molecule is Brc1ccsc1C1NCCc2ccsc21. The van der Waals surface area contributed by atoms with E-state index in [0.29, 0.717) is 6.04 Å². The van der Waals surface area contributed by atoms with Gasteiger partial charge >= 0.3 is 0 Å². The zero-order chi connectivity index (χ0) is 10.3. The van der Waals surface area contributed by atoms with Gasteiger partial charge in [0, 0.05) is 20.8 Å². The second kappa shape index (κ2) is 4.01. The summed E-state index contributed by atoms with van der Waals surface area (Å²) in [5, 5.41) is 7.94. The van der Waals surface area contributed by atoms with Gasteiger partial charge in [0.2, 0.25) is 0 Å². The molecule has 15 heavy (non-hydrogen) atoms. The summed E-state index contributed by atoms with van der Waals surface area (Å²) in [6.45, 7) is 1.08. The molecule has 1 unspecified atom stereocenters. The van der Waals surface area contributed by atoms with Gasteiger partial charge in [-0.15, -0.1) is 22.7 Å². The van der Waals surface area contributed by atoms with Gasteiger partial charge in [-0.25, -0.2) is 0 Å². The van der Waals surface area contributed by atoms with Crippen molar-refractivity contribution in [3.05, 3.63) is 42.7 Å². The van der Waals surface area contributed by atoms with E-state index < -0.39 is 0 Å². The van der Waals surface area contributed by atoms with Crippen LogP contribution >= 0.6 is 38.6 Å². The highest BCUT2D eigenvalue weighted by Gasteiger charge is 2.24. The first-order chi connectivity index (χ1) is 7.36. The molecule has 1 aliphatic rings. The van der Waals surface area contributed by atoms with Crippen molar-refractivity contribution in [3.8, 4) is 0 Å². The molecule has 0 aliphatic carbocycles. The largest absolute Gasteiger partial charge is 0.305 e. The van der Waals surface area contributed by atoms with E-state index >= 15 is 0 Å². The van der Waals surface area contributed by atoms with Gasteiger partial charge in [0.1, 0.15) is 0 Å².